The fraction of sp³-hybridized carbons (Fsp3) is 0.333. The van der Waals surface area contributed by atoms with E-state index >= 15 is 0 Å². The van der Waals surface area contributed by atoms with Crippen molar-refractivity contribution in [1.82, 2.24) is 0 Å². The molecule has 1 aromatic rings. The lowest BCUT2D eigenvalue weighted by atomic mass is 9.83. The van der Waals surface area contributed by atoms with Crippen molar-refractivity contribution in [3.8, 4) is 5.75 Å². The highest BCUT2D eigenvalue weighted by molar-refractivity contribution is 6.00. The number of hydrogen-bond acceptors (Lipinski definition) is 3. The van der Waals surface area contributed by atoms with Crippen LogP contribution in [-0.4, -0.2) is 24.0 Å². The van der Waals surface area contributed by atoms with Gasteiger partial charge in [0.05, 0.1) is 7.11 Å². The number of benzene rings is 1. The van der Waals surface area contributed by atoms with E-state index in [9.17, 15) is 9.59 Å². The third-order valence-corrected chi connectivity index (χ3v) is 2.89. The number of rotatable bonds is 2. The Balaban J connectivity index is 2.35. The van der Waals surface area contributed by atoms with Crippen molar-refractivity contribution < 1.29 is 19.4 Å². The molecular formula is C12H12O4. The summed E-state index contributed by atoms with van der Waals surface area (Å²) in [5.74, 6) is -1.46. The molecule has 0 aromatic heterocycles. The Kier molecular flexibility index (Phi) is 2.64. The first kappa shape index (κ1) is 10.7. The van der Waals surface area contributed by atoms with Crippen LogP contribution in [0.4, 0.5) is 0 Å². The molecule has 0 aliphatic heterocycles. The number of ether oxygens (including phenoxy) is 1. The number of carboxylic acid groups (broad SMARTS) is 1. The molecule has 0 amide bonds. The zero-order valence-corrected chi connectivity index (χ0v) is 8.90. The molecule has 0 bridgehead atoms. The van der Waals surface area contributed by atoms with Gasteiger partial charge in [-0.3, -0.25) is 9.59 Å². The van der Waals surface area contributed by atoms with Gasteiger partial charge in [0.2, 0.25) is 0 Å². The summed E-state index contributed by atoms with van der Waals surface area (Å²) >= 11 is 0. The van der Waals surface area contributed by atoms with E-state index in [0.717, 1.165) is 11.1 Å². The molecule has 4 nitrogen and oxygen atoms in total. The summed E-state index contributed by atoms with van der Waals surface area (Å²) in [6.45, 7) is 0. The number of carbonyl (C=O) groups is 2. The van der Waals surface area contributed by atoms with E-state index in [1.807, 2.05) is 6.07 Å². The maximum Gasteiger partial charge on any atom is 0.314 e. The summed E-state index contributed by atoms with van der Waals surface area (Å²) in [6, 6.07) is 5.41. The number of fused-ring (bicyclic) bond motifs is 1. The van der Waals surface area contributed by atoms with Crippen LogP contribution in [0.5, 0.6) is 5.75 Å². The van der Waals surface area contributed by atoms with Crippen molar-refractivity contribution in [2.24, 2.45) is 5.92 Å². The lowest BCUT2D eigenvalue weighted by Crippen LogP contribution is -2.31. The Hall–Kier alpha value is -1.84. The summed E-state index contributed by atoms with van der Waals surface area (Å²) in [6.07, 6.45) is 0.469. The molecule has 0 fully saturated rings. The molecule has 0 spiro atoms. The summed E-state index contributed by atoms with van der Waals surface area (Å²) in [4.78, 5) is 22.4. The maximum absolute atomic E-state index is 11.6. The van der Waals surface area contributed by atoms with Gasteiger partial charge in [0, 0.05) is 6.42 Å². The van der Waals surface area contributed by atoms with Gasteiger partial charge in [-0.25, -0.2) is 0 Å². The van der Waals surface area contributed by atoms with Crippen LogP contribution in [0, 0.1) is 5.92 Å². The highest BCUT2D eigenvalue weighted by Gasteiger charge is 2.31. The summed E-state index contributed by atoms with van der Waals surface area (Å²) in [5.41, 5.74) is 1.80. The minimum atomic E-state index is -1.04. The van der Waals surface area contributed by atoms with Crippen molar-refractivity contribution >= 4 is 11.8 Å². The van der Waals surface area contributed by atoms with Crippen LogP contribution in [0.25, 0.3) is 0 Å². The maximum atomic E-state index is 11.6. The van der Waals surface area contributed by atoms with E-state index in [1.165, 1.54) is 0 Å². The SMILES string of the molecule is COc1ccc2c(c1)CC(=O)C(C(=O)O)C2. The van der Waals surface area contributed by atoms with E-state index in [2.05, 4.69) is 0 Å². The number of methoxy groups -OCH3 is 1. The first-order chi connectivity index (χ1) is 7.61. The molecule has 1 aromatic carbocycles. The van der Waals surface area contributed by atoms with E-state index in [-0.39, 0.29) is 18.6 Å². The molecule has 0 heterocycles. The third kappa shape index (κ3) is 1.78. The van der Waals surface area contributed by atoms with Crippen LogP contribution in [0.3, 0.4) is 0 Å². The fourth-order valence-corrected chi connectivity index (χ4v) is 1.96. The van der Waals surface area contributed by atoms with Crippen molar-refractivity contribution in [1.29, 1.82) is 0 Å². The van der Waals surface area contributed by atoms with Crippen molar-refractivity contribution in [2.75, 3.05) is 7.11 Å². The van der Waals surface area contributed by atoms with Gasteiger partial charge < -0.3 is 9.84 Å². The summed E-state index contributed by atoms with van der Waals surface area (Å²) in [7, 11) is 1.56. The molecule has 0 saturated heterocycles. The quantitative estimate of drug-likeness (QED) is 0.757. The van der Waals surface area contributed by atoms with Crippen LogP contribution in [0.15, 0.2) is 18.2 Å². The molecule has 1 aliphatic carbocycles. The zero-order chi connectivity index (χ0) is 11.7. The predicted molar refractivity (Wildman–Crippen MR) is 56.5 cm³/mol. The van der Waals surface area contributed by atoms with Gasteiger partial charge in [0.25, 0.3) is 0 Å². The van der Waals surface area contributed by atoms with Crippen LogP contribution in [0.1, 0.15) is 11.1 Å². The minimum absolute atomic E-state index is 0.184. The molecule has 1 N–H and O–H groups in total. The van der Waals surface area contributed by atoms with Gasteiger partial charge in [-0.1, -0.05) is 6.07 Å². The molecule has 0 radical (unpaired) electrons. The number of carboxylic acids is 1. The lowest BCUT2D eigenvalue weighted by molar-refractivity contribution is -0.146. The highest BCUT2D eigenvalue weighted by Crippen LogP contribution is 2.26. The van der Waals surface area contributed by atoms with Crippen LogP contribution in [-0.2, 0) is 22.4 Å². The van der Waals surface area contributed by atoms with Gasteiger partial charge in [-0.15, -0.1) is 0 Å². The molecule has 2 rings (SSSR count). The second kappa shape index (κ2) is 3.96. The first-order valence-electron chi connectivity index (χ1n) is 5.03. The third-order valence-electron chi connectivity index (χ3n) is 2.89. The molecule has 1 aliphatic rings. The largest absolute Gasteiger partial charge is 0.497 e. The fourth-order valence-electron chi connectivity index (χ4n) is 1.96. The molecule has 4 heteroatoms. The Morgan fingerprint density at radius 1 is 1.44 bits per heavy atom. The van der Waals surface area contributed by atoms with Crippen LogP contribution < -0.4 is 4.74 Å². The van der Waals surface area contributed by atoms with Gasteiger partial charge in [0.1, 0.15) is 11.7 Å². The summed E-state index contributed by atoms with van der Waals surface area (Å²) in [5, 5.41) is 8.89. The second-order valence-electron chi connectivity index (χ2n) is 3.87. The Morgan fingerprint density at radius 3 is 2.81 bits per heavy atom. The molecule has 1 atom stereocenters. The standard InChI is InChI=1S/C12H12O4/c1-16-9-3-2-7-5-10(12(14)15)11(13)6-8(7)4-9/h2-4,10H,5-6H2,1H3,(H,14,15). The van der Waals surface area contributed by atoms with Crippen molar-refractivity contribution in [3.05, 3.63) is 29.3 Å². The molecule has 16 heavy (non-hydrogen) atoms. The Bertz CT molecular complexity index is 450. The van der Waals surface area contributed by atoms with Gasteiger partial charge in [-0.2, -0.15) is 0 Å². The number of ketones is 1. The molecule has 0 saturated carbocycles. The normalized spacial score (nSPS) is 19.1. The lowest BCUT2D eigenvalue weighted by Gasteiger charge is -2.20. The number of hydrogen-bond donors (Lipinski definition) is 1. The van der Waals surface area contributed by atoms with Gasteiger partial charge in [-0.05, 0) is 29.7 Å². The van der Waals surface area contributed by atoms with Gasteiger partial charge >= 0.3 is 5.97 Å². The number of Topliss-reactive ketones (excluding diaryl/α,β-unsaturated/α-hetero) is 1. The van der Waals surface area contributed by atoms with Crippen LogP contribution >= 0.6 is 0 Å². The smallest absolute Gasteiger partial charge is 0.314 e. The molecule has 84 valence electrons. The van der Waals surface area contributed by atoms with Crippen LogP contribution in [0.2, 0.25) is 0 Å². The van der Waals surface area contributed by atoms with E-state index in [4.69, 9.17) is 9.84 Å². The monoisotopic (exact) mass is 220 g/mol. The Labute approximate surface area is 92.8 Å². The molecular weight excluding hydrogens is 208 g/mol. The average Bonchev–Trinajstić information content (AvgIpc) is 2.27. The topological polar surface area (TPSA) is 63.6 Å². The predicted octanol–water partition coefficient (Wildman–Crippen LogP) is 1.06. The number of carbonyl (C=O) groups excluding carboxylic acids is 1. The molecule has 1 unspecified atom stereocenters. The Morgan fingerprint density at radius 2 is 2.19 bits per heavy atom. The highest BCUT2D eigenvalue weighted by atomic mass is 16.5. The zero-order valence-electron chi connectivity index (χ0n) is 8.90. The van der Waals surface area contributed by atoms with E-state index in [0.29, 0.717) is 5.75 Å². The second-order valence-corrected chi connectivity index (χ2v) is 3.87. The number of aliphatic carboxylic acids is 1. The van der Waals surface area contributed by atoms with E-state index < -0.39 is 11.9 Å². The van der Waals surface area contributed by atoms with Gasteiger partial charge in [0.15, 0.2) is 5.78 Å². The first-order valence-corrected chi connectivity index (χ1v) is 5.03. The van der Waals surface area contributed by atoms with Crippen molar-refractivity contribution in [2.45, 2.75) is 12.8 Å². The summed E-state index contributed by atoms with van der Waals surface area (Å²) < 4.78 is 5.06. The van der Waals surface area contributed by atoms with Crippen molar-refractivity contribution in [3.63, 3.8) is 0 Å². The average molecular weight is 220 g/mol. The minimum Gasteiger partial charge on any atom is -0.497 e. The van der Waals surface area contributed by atoms with E-state index in [1.54, 1.807) is 19.2 Å².